The van der Waals surface area contributed by atoms with Crippen molar-refractivity contribution in [1.29, 1.82) is 0 Å². The van der Waals surface area contributed by atoms with Gasteiger partial charge in [-0.15, -0.1) is 0 Å². The lowest BCUT2D eigenvalue weighted by atomic mass is 10.1. The molecule has 5 nitrogen and oxygen atoms in total. The first kappa shape index (κ1) is 16.5. The molecule has 124 valence electrons. The minimum atomic E-state index is -3.29. The fourth-order valence-corrected chi connectivity index (χ4v) is 3.15. The molecule has 0 aliphatic heterocycles. The zero-order chi connectivity index (χ0) is 17.2. The summed E-state index contributed by atoms with van der Waals surface area (Å²) in [5.74, 6) is 0. The van der Waals surface area contributed by atoms with Gasteiger partial charge in [0.15, 0.2) is 0 Å². The van der Waals surface area contributed by atoms with E-state index in [-0.39, 0.29) is 0 Å². The summed E-state index contributed by atoms with van der Waals surface area (Å²) in [5, 5.41) is 4.98. The predicted octanol–water partition coefficient (Wildman–Crippen LogP) is 3.87. The standard InChI is InChI=1S/C17H16ClN3O2S/c1-24(22,23)21-14-4-2-3-12(9-14)11-20-16-7-8-19-17-10-13(18)5-6-15(16)17/h2-10,21H,11H2,1H3,(H,19,20). The van der Waals surface area contributed by atoms with Gasteiger partial charge in [-0.3, -0.25) is 9.71 Å². The normalized spacial score (nSPS) is 11.4. The molecule has 0 amide bonds. The van der Waals surface area contributed by atoms with Crippen molar-refractivity contribution >= 4 is 43.9 Å². The molecular weight excluding hydrogens is 346 g/mol. The van der Waals surface area contributed by atoms with Crippen LogP contribution in [0.4, 0.5) is 11.4 Å². The molecule has 0 radical (unpaired) electrons. The van der Waals surface area contributed by atoms with Crippen LogP contribution in [-0.2, 0) is 16.6 Å². The molecule has 2 aromatic carbocycles. The van der Waals surface area contributed by atoms with E-state index in [9.17, 15) is 8.42 Å². The van der Waals surface area contributed by atoms with E-state index in [0.717, 1.165) is 28.4 Å². The average molecular weight is 362 g/mol. The number of nitrogens with zero attached hydrogens (tertiary/aromatic N) is 1. The summed E-state index contributed by atoms with van der Waals surface area (Å²) in [6.45, 7) is 0.557. The van der Waals surface area contributed by atoms with E-state index >= 15 is 0 Å². The molecule has 1 heterocycles. The Balaban J connectivity index is 1.80. The molecule has 0 fully saturated rings. The van der Waals surface area contributed by atoms with Crippen LogP contribution in [0, 0.1) is 0 Å². The van der Waals surface area contributed by atoms with Crippen LogP contribution in [0.2, 0.25) is 5.02 Å². The lowest BCUT2D eigenvalue weighted by Gasteiger charge is -2.11. The van der Waals surface area contributed by atoms with Crippen molar-refractivity contribution in [3.63, 3.8) is 0 Å². The number of fused-ring (bicyclic) bond motifs is 1. The number of nitrogens with one attached hydrogen (secondary N) is 2. The van der Waals surface area contributed by atoms with Crippen molar-refractivity contribution in [1.82, 2.24) is 4.98 Å². The van der Waals surface area contributed by atoms with Crippen LogP contribution in [0.5, 0.6) is 0 Å². The van der Waals surface area contributed by atoms with Crippen LogP contribution in [-0.4, -0.2) is 19.7 Å². The first-order valence-electron chi connectivity index (χ1n) is 7.26. The van der Waals surface area contributed by atoms with Crippen molar-refractivity contribution in [3.05, 3.63) is 65.3 Å². The number of benzene rings is 2. The molecule has 0 bridgehead atoms. The minimum Gasteiger partial charge on any atom is -0.380 e. The Labute approximate surface area is 145 Å². The molecule has 0 unspecified atom stereocenters. The second-order valence-electron chi connectivity index (χ2n) is 5.45. The monoisotopic (exact) mass is 361 g/mol. The van der Waals surface area contributed by atoms with Gasteiger partial charge in [0.05, 0.1) is 11.8 Å². The molecule has 1 aromatic heterocycles. The van der Waals surface area contributed by atoms with E-state index in [1.165, 1.54) is 0 Å². The molecular formula is C17H16ClN3O2S. The zero-order valence-electron chi connectivity index (χ0n) is 13.0. The second-order valence-corrected chi connectivity index (χ2v) is 7.63. The zero-order valence-corrected chi connectivity index (χ0v) is 14.5. The van der Waals surface area contributed by atoms with Crippen molar-refractivity contribution < 1.29 is 8.42 Å². The van der Waals surface area contributed by atoms with Gasteiger partial charge in [-0.1, -0.05) is 23.7 Å². The summed E-state index contributed by atoms with van der Waals surface area (Å²) in [6, 6.07) is 14.7. The van der Waals surface area contributed by atoms with Crippen LogP contribution in [0.25, 0.3) is 10.9 Å². The van der Waals surface area contributed by atoms with E-state index in [1.807, 2.05) is 36.4 Å². The number of anilines is 2. The quantitative estimate of drug-likeness (QED) is 0.723. The highest BCUT2D eigenvalue weighted by Gasteiger charge is 2.05. The largest absolute Gasteiger partial charge is 0.380 e. The van der Waals surface area contributed by atoms with Crippen molar-refractivity contribution in [2.24, 2.45) is 0 Å². The van der Waals surface area contributed by atoms with E-state index in [0.29, 0.717) is 17.3 Å². The summed E-state index contributed by atoms with van der Waals surface area (Å²) in [5.41, 5.74) is 3.27. The van der Waals surface area contributed by atoms with Crippen LogP contribution >= 0.6 is 11.6 Å². The molecule has 24 heavy (non-hydrogen) atoms. The van der Waals surface area contributed by atoms with E-state index in [4.69, 9.17) is 11.6 Å². The van der Waals surface area contributed by atoms with Crippen molar-refractivity contribution in [3.8, 4) is 0 Å². The topological polar surface area (TPSA) is 71.1 Å². The highest BCUT2D eigenvalue weighted by atomic mass is 35.5. The third kappa shape index (κ3) is 4.15. The van der Waals surface area contributed by atoms with Crippen LogP contribution in [0.3, 0.4) is 0 Å². The number of aromatic nitrogens is 1. The Kier molecular flexibility index (Phi) is 4.59. The fraction of sp³-hybridized carbons (Fsp3) is 0.118. The number of hydrogen-bond donors (Lipinski definition) is 2. The van der Waals surface area contributed by atoms with E-state index in [1.54, 1.807) is 18.3 Å². The van der Waals surface area contributed by atoms with Crippen LogP contribution in [0.1, 0.15) is 5.56 Å². The maximum Gasteiger partial charge on any atom is 0.229 e. The van der Waals surface area contributed by atoms with Crippen LogP contribution in [0.15, 0.2) is 54.7 Å². The molecule has 0 aliphatic rings. The number of sulfonamides is 1. The van der Waals surface area contributed by atoms with Gasteiger partial charge >= 0.3 is 0 Å². The third-order valence-electron chi connectivity index (χ3n) is 3.42. The second kappa shape index (κ2) is 6.67. The molecule has 0 saturated heterocycles. The van der Waals surface area contributed by atoms with E-state index in [2.05, 4.69) is 15.0 Å². The van der Waals surface area contributed by atoms with Gasteiger partial charge in [-0.25, -0.2) is 8.42 Å². The van der Waals surface area contributed by atoms with Gasteiger partial charge in [0.25, 0.3) is 0 Å². The number of halogens is 1. The molecule has 3 rings (SSSR count). The molecule has 2 N–H and O–H groups in total. The number of hydrogen-bond acceptors (Lipinski definition) is 4. The molecule has 0 atom stereocenters. The third-order valence-corrected chi connectivity index (χ3v) is 4.26. The number of rotatable bonds is 5. The molecule has 7 heteroatoms. The number of pyridine rings is 1. The highest BCUT2D eigenvalue weighted by Crippen LogP contribution is 2.25. The minimum absolute atomic E-state index is 0.545. The maximum absolute atomic E-state index is 11.3. The molecule has 0 aliphatic carbocycles. The lowest BCUT2D eigenvalue weighted by Crippen LogP contribution is -2.10. The van der Waals surface area contributed by atoms with E-state index < -0.39 is 10.0 Å². The first-order chi connectivity index (χ1) is 11.4. The van der Waals surface area contributed by atoms with Gasteiger partial charge in [0, 0.05) is 34.5 Å². The van der Waals surface area contributed by atoms with Gasteiger partial charge < -0.3 is 5.32 Å². The predicted molar refractivity (Wildman–Crippen MR) is 99.0 cm³/mol. The Hall–Kier alpha value is -2.31. The van der Waals surface area contributed by atoms with Gasteiger partial charge in [0.1, 0.15) is 0 Å². The van der Waals surface area contributed by atoms with Crippen molar-refractivity contribution in [2.75, 3.05) is 16.3 Å². The Morgan fingerprint density at radius 3 is 2.75 bits per heavy atom. The smallest absolute Gasteiger partial charge is 0.229 e. The van der Waals surface area contributed by atoms with Crippen molar-refractivity contribution in [2.45, 2.75) is 6.54 Å². The summed E-state index contributed by atoms with van der Waals surface area (Å²) in [6.07, 6.45) is 2.86. The Morgan fingerprint density at radius 1 is 1.12 bits per heavy atom. The Morgan fingerprint density at radius 2 is 1.96 bits per heavy atom. The summed E-state index contributed by atoms with van der Waals surface area (Å²) >= 11 is 6.00. The van der Waals surface area contributed by atoms with Gasteiger partial charge in [0.2, 0.25) is 10.0 Å². The molecule has 3 aromatic rings. The lowest BCUT2D eigenvalue weighted by molar-refractivity contribution is 0.607. The summed E-state index contributed by atoms with van der Waals surface area (Å²) in [7, 11) is -3.29. The molecule has 0 spiro atoms. The fourth-order valence-electron chi connectivity index (χ4n) is 2.43. The van der Waals surface area contributed by atoms with Gasteiger partial charge in [-0.05, 0) is 42.0 Å². The highest BCUT2D eigenvalue weighted by molar-refractivity contribution is 7.92. The molecule has 0 saturated carbocycles. The van der Waals surface area contributed by atoms with Gasteiger partial charge in [-0.2, -0.15) is 0 Å². The maximum atomic E-state index is 11.3. The van der Waals surface area contributed by atoms with Crippen LogP contribution < -0.4 is 10.0 Å². The Bertz CT molecular complexity index is 990. The first-order valence-corrected chi connectivity index (χ1v) is 9.52. The summed E-state index contributed by atoms with van der Waals surface area (Å²) < 4.78 is 25.1. The summed E-state index contributed by atoms with van der Waals surface area (Å²) in [4.78, 5) is 4.31. The SMILES string of the molecule is CS(=O)(=O)Nc1cccc(CNc2ccnc3cc(Cl)ccc23)c1. The average Bonchev–Trinajstić information content (AvgIpc) is 2.51.